The third-order valence-electron chi connectivity index (χ3n) is 4.58. The molecule has 2 aromatic rings. The fraction of sp³-hybridized carbons (Fsp3) is 0.316. The Morgan fingerprint density at radius 1 is 1.08 bits per heavy atom. The van der Waals surface area contributed by atoms with Gasteiger partial charge in [0.25, 0.3) is 17.4 Å². The van der Waals surface area contributed by atoms with E-state index in [0.717, 1.165) is 0 Å². The molecule has 6 nitrogen and oxygen atoms in total. The number of nitrogens with zero attached hydrogens (tertiary/aromatic N) is 2. The van der Waals surface area contributed by atoms with Crippen molar-refractivity contribution in [3.63, 3.8) is 0 Å². The van der Waals surface area contributed by atoms with E-state index in [9.17, 15) is 18.8 Å². The number of piperidine rings is 1. The highest BCUT2D eigenvalue weighted by molar-refractivity contribution is 5.95. The van der Waals surface area contributed by atoms with Crippen molar-refractivity contribution in [1.29, 1.82) is 0 Å². The van der Waals surface area contributed by atoms with Gasteiger partial charge in [-0.15, -0.1) is 0 Å². The van der Waals surface area contributed by atoms with Crippen LogP contribution in [-0.4, -0.2) is 40.4 Å². The minimum absolute atomic E-state index is 0.0414. The van der Waals surface area contributed by atoms with Crippen molar-refractivity contribution in [1.82, 2.24) is 14.8 Å². The van der Waals surface area contributed by atoms with Crippen LogP contribution in [0.4, 0.5) is 4.39 Å². The van der Waals surface area contributed by atoms with E-state index in [1.165, 1.54) is 34.9 Å². The summed E-state index contributed by atoms with van der Waals surface area (Å²) in [5.41, 5.74) is 0.559. The number of carbonyl (C=O) groups excluding carboxylic acids is 2. The molecule has 2 heterocycles. The summed E-state index contributed by atoms with van der Waals surface area (Å²) < 4.78 is 14.3. The summed E-state index contributed by atoms with van der Waals surface area (Å²) in [6, 6.07) is 8.32. The average Bonchev–Trinajstić information content (AvgIpc) is 2.64. The molecule has 0 spiro atoms. The number of aromatic nitrogens is 1. The molecule has 1 N–H and O–H groups in total. The Hall–Kier alpha value is -2.96. The van der Waals surface area contributed by atoms with Crippen LogP contribution in [0.15, 0.2) is 47.4 Å². The summed E-state index contributed by atoms with van der Waals surface area (Å²) in [6.07, 6.45) is 2.83. The number of nitrogens with one attached hydrogen (secondary N) is 1. The summed E-state index contributed by atoms with van der Waals surface area (Å²) in [7, 11) is 1.63. The Labute approximate surface area is 150 Å². The first-order valence-electron chi connectivity index (χ1n) is 8.46. The standard InChI is InChI=1S/C19H20FN3O3/c1-22-9-6-14(12-17(22)24)19(26)23-10-7-16(8-11-23)21-18(25)13-2-4-15(20)5-3-13/h2-6,9,12,16H,7-8,10-11H2,1H3,(H,21,25). The highest BCUT2D eigenvalue weighted by atomic mass is 19.1. The van der Waals surface area contributed by atoms with Gasteiger partial charge in [0.15, 0.2) is 0 Å². The quantitative estimate of drug-likeness (QED) is 0.906. The minimum Gasteiger partial charge on any atom is -0.349 e. The van der Waals surface area contributed by atoms with Gasteiger partial charge >= 0.3 is 0 Å². The highest BCUT2D eigenvalue weighted by Gasteiger charge is 2.25. The third-order valence-corrected chi connectivity index (χ3v) is 4.58. The molecular weight excluding hydrogens is 337 g/mol. The first-order chi connectivity index (χ1) is 12.4. The molecule has 0 bridgehead atoms. The molecule has 2 amide bonds. The first-order valence-corrected chi connectivity index (χ1v) is 8.46. The molecule has 26 heavy (non-hydrogen) atoms. The molecule has 0 saturated carbocycles. The molecule has 1 saturated heterocycles. The zero-order chi connectivity index (χ0) is 18.7. The van der Waals surface area contributed by atoms with Crippen LogP contribution in [0.1, 0.15) is 33.6 Å². The molecule has 0 aliphatic carbocycles. The van der Waals surface area contributed by atoms with Crippen molar-refractivity contribution in [3.05, 3.63) is 69.9 Å². The van der Waals surface area contributed by atoms with E-state index in [0.29, 0.717) is 37.1 Å². The van der Waals surface area contributed by atoms with E-state index in [2.05, 4.69) is 5.32 Å². The summed E-state index contributed by atoms with van der Waals surface area (Å²) in [5.74, 6) is -0.809. The maximum atomic E-state index is 12.9. The van der Waals surface area contributed by atoms with E-state index >= 15 is 0 Å². The second-order valence-electron chi connectivity index (χ2n) is 6.41. The van der Waals surface area contributed by atoms with Crippen LogP contribution in [0.25, 0.3) is 0 Å². The number of halogens is 1. The minimum atomic E-state index is -0.385. The molecule has 7 heteroatoms. The Kier molecular flexibility index (Phi) is 5.16. The Bertz CT molecular complexity index is 868. The van der Waals surface area contributed by atoms with Crippen LogP contribution in [-0.2, 0) is 7.05 Å². The number of rotatable bonds is 3. The highest BCUT2D eigenvalue weighted by Crippen LogP contribution is 2.14. The molecule has 1 fully saturated rings. The molecule has 1 aromatic carbocycles. The lowest BCUT2D eigenvalue weighted by atomic mass is 10.0. The van der Waals surface area contributed by atoms with Gasteiger partial charge in [-0.3, -0.25) is 14.4 Å². The second-order valence-corrected chi connectivity index (χ2v) is 6.41. The van der Waals surface area contributed by atoms with Crippen molar-refractivity contribution in [2.24, 2.45) is 7.05 Å². The van der Waals surface area contributed by atoms with Gasteiger partial charge in [0, 0.05) is 49.6 Å². The third kappa shape index (κ3) is 3.99. The number of benzene rings is 1. The van der Waals surface area contributed by atoms with Crippen molar-refractivity contribution < 1.29 is 14.0 Å². The first kappa shape index (κ1) is 17.8. The lowest BCUT2D eigenvalue weighted by Gasteiger charge is -2.32. The van der Waals surface area contributed by atoms with Crippen LogP contribution in [0.5, 0.6) is 0 Å². The lowest BCUT2D eigenvalue weighted by molar-refractivity contribution is 0.0697. The molecule has 0 unspecified atom stereocenters. The zero-order valence-electron chi connectivity index (χ0n) is 14.4. The Balaban J connectivity index is 1.56. The van der Waals surface area contributed by atoms with E-state index in [1.807, 2.05) is 0 Å². The monoisotopic (exact) mass is 357 g/mol. The molecule has 1 aliphatic rings. The topological polar surface area (TPSA) is 71.4 Å². The molecule has 0 radical (unpaired) electrons. The number of pyridine rings is 1. The number of aryl methyl sites for hydroxylation is 1. The molecule has 3 rings (SSSR count). The number of hydrogen-bond acceptors (Lipinski definition) is 3. The van der Waals surface area contributed by atoms with Crippen LogP contribution in [0, 0.1) is 5.82 Å². The van der Waals surface area contributed by atoms with Gasteiger partial charge in [-0.2, -0.15) is 0 Å². The van der Waals surface area contributed by atoms with Gasteiger partial charge in [0.1, 0.15) is 5.82 Å². The number of amides is 2. The van der Waals surface area contributed by atoms with Gasteiger partial charge in [-0.1, -0.05) is 0 Å². The van der Waals surface area contributed by atoms with E-state index in [4.69, 9.17) is 0 Å². The number of hydrogen-bond donors (Lipinski definition) is 1. The normalized spacial score (nSPS) is 14.9. The van der Waals surface area contributed by atoms with Gasteiger partial charge < -0.3 is 14.8 Å². The SMILES string of the molecule is Cn1ccc(C(=O)N2CCC(NC(=O)c3ccc(F)cc3)CC2)cc1=O. The molecular formula is C19H20FN3O3. The summed E-state index contributed by atoms with van der Waals surface area (Å²) in [4.78, 5) is 38.0. The lowest BCUT2D eigenvalue weighted by Crippen LogP contribution is -2.46. The summed E-state index contributed by atoms with van der Waals surface area (Å²) >= 11 is 0. The fourth-order valence-corrected chi connectivity index (χ4v) is 2.96. The van der Waals surface area contributed by atoms with Crippen LogP contribution in [0.3, 0.4) is 0 Å². The predicted molar refractivity (Wildman–Crippen MR) is 94.5 cm³/mol. The van der Waals surface area contributed by atoms with Gasteiger partial charge in [0.05, 0.1) is 0 Å². The average molecular weight is 357 g/mol. The molecule has 1 aromatic heterocycles. The molecule has 136 valence electrons. The summed E-state index contributed by atoms with van der Waals surface area (Å²) in [6.45, 7) is 1.00. The van der Waals surface area contributed by atoms with Gasteiger partial charge in [-0.25, -0.2) is 4.39 Å². The van der Waals surface area contributed by atoms with Crippen LogP contribution >= 0.6 is 0 Å². The predicted octanol–water partition coefficient (Wildman–Crippen LogP) is 1.56. The van der Waals surface area contributed by atoms with Crippen molar-refractivity contribution in [2.75, 3.05) is 13.1 Å². The smallest absolute Gasteiger partial charge is 0.254 e. The van der Waals surface area contributed by atoms with E-state index in [1.54, 1.807) is 24.2 Å². The number of carbonyl (C=O) groups is 2. The Morgan fingerprint density at radius 2 is 1.73 bits per heavy atom. The zero-order valence-corrected chi connectivity index (χ0v) is 14.4. The van der Waals surface area contributed by atoms with Gasteiger partial charge in [0.2, 0.25) is 0 Å². The number of likely N-dealkylation sites (tertiary alicyclic amines) is 1. The molecule has 1 aliphatic heterocycles. The van der Waals surface area contributed by atoms with Crippen LogP contribution in [0.2, 0.25) is 0 Å². The fourth-order valence-electron chi connectivity index (χ4n) is 2.96. The van der Waals surface area contributed by atoms with Crippen molar-refractivity contribution in [3.8, 4) is 0 Å². The maximum absolute atomic E-state index is 12.9. The maximum Gasteiger partial charge on any atom is 0.254 e. The summed E-state index contributed by atoms with van der Waals surface area (Å²) in [5, 5.41) is 2.92. The van der Waals surface area contributed by atoms with Crippen molar-refractivity contribution in [2.45, 2.75) is 18.9 Å². The van der Waals surface area contributed by atoms with Gasteiger partial charge in [-0.05, 0) is 43.2 Å². The second kappa shape index (κ2) is 7.51. The van der Waals surface area contributed by atoms with Crippen LogP contribution < -0.4 is 10.9 Å². The molecule has 0 atom stereocenters. The Morgan fingerprint density at radius 3 is 2.35 bits per heavy atom. The largest absolute Gasteiger partial charge is 0.349 e. The van der Waals surface area contributed by atoms with E-state index in [-0.39, 0.29) is 29.2 Å². The van der Waals surface area contributed by atoms with E-state index < -0.39 is 0 Å². The van der Waals surface area contributed by atoms with Crippen molar-refractivity contribution >= 4 is 11.8 Å².